The van der Waals surface area contributed by atoms with E-state index < -0.39 is 6.10 Å². The van der Waals surface area contributed by atoms with Crippen LogP contribution in [0.2, 0.25) is 0 Å². The average Bonchev–Trinajstić information content (AvgIpc) is 3.35. The summed E-state index contributed by atoms with van der Waals surface area (Å²) in [6.07, 6.45) is 1.65. The highest BCUT2D eigenvalue weighted by molar-refractivity contribution is 7.15. The Morgan fingerprint density at radius 1 is 1.38 bits per heavy atom. The third kappa shape index (κ3) is 3.47. The van der Waals surface area contributed by atoms with Crippen LogP contribution in [0.5, 0.6) is 0 Å². The normalized spacial score (nSPS) is 22.8. The number of anilines is 2. The molecule has 2 amide bonds. The lowest BCUT2D eigenvalue weighted by molar-refractivity contribution is -0.124. The Bertz CT molecular complexity index is 831. The molecule has 1 aromatic carbocycles. The number of ether oxygens (including phenoxy) is 1. The first-order chi connectivity index (χ1) is 12.6. The Hall–Kier alpha value is -2.32. The number of carbonyl (C=O) groups is 2. The number of aryl methyl sites for hydroxylation is 1. The second-order valence-electron chi connectivity index (χ2n) is 6.68. The summed E-state index contributed by atoms with van der Waals surface area (Å²) < 4.78 is 5.37. The lowest BCUT2D eigenvalue weighted by Crippen LogP contribution is -2.26. The largest absolute Gasteiger partial charge is 0.368 e. The molecule has 0 aliphatic carbocycles. The molecule has 0 saturated carbocycles. The van der Waals surface area contributed by atoms with Crippen LogP contribution in [0.3, 0.4) is 0 Å². The fourth-order valence-electron chi connectivity index (χ4n) is 3.34. The molecule has 2 atom stereocenters. The number of nitrogens with zero attached hydrogens (tertiary/aromatic N) is 3. The lowest BCUT2D eigenvalue weighted by Gasteiger charge is -2.16. The van der Waals surface area contributed by atoms with Crippen molar-refractivity contribution in [1.29, 1.82) is 0 Å². The number of benzene rings is 1. The summed E-state index contributed by atoms with van der Waals surface area (Å²) in [6.45, 7) is 3.21. The van der Waals surface area contributed by atoms with Crippen LogP contribution >= 0.6 is 11.3 Å². The molecule has 2 aliphatic heterocycles. The Balaban J connectivity index is 1.43. The Morgan fingerprint density at radius 2 is 2.27 bits per heavy atom. The molecule has 1 N–H and O–H groups in total. The van der Waals surface area contributed by atoms with Crippen LogP contribution in [-0.4, -0.2) is 41.3 Å². The zero-order valence-electron chi connectivity index (χ0n) is 14.5. The van der Waals surface area contributed by atoms with Crippen molar-refractivity contribution in [3.63, 3.8) is 0 Å². The standard InChI is InChI=1S/C18H20N4O3S/c1-11-4-2-5-13(8-11)22-10-12(9-15(22)23)17-20-21-18(26-17)19-16(24)14-6-3-7-25-14/h2,4-5,8,12,14H,3,6-7,9-10H2,1H3,(H,19,21,24)/t12-,14-/m0/s1. The zero-order chi connectivity index (χ0) is 18.1. The fourth-order valence-corrected chi connectivity index (χ4v) is 4.18. The molecule has 2 aliphatic rings. The summed E-state index contributed by atoms with van der Waals surface area (Å²) in [4.78, 5) is 26.3. The van der Waals surface area contributed by atoms with E-state index in [9.17, 15) is 9.59 Å². The molecule has 1 aromatic heterocycles. The van der Waals surface area contributed by atoms with Gasteiger partial charge in [-0.15, -0.1) is 10.2 Å². The highest BCUT2D eigenvalue weighted by atomic mass is 32.1. The zero-order valence-corrected chi connectivity index (χ0v) is 15.3. The molecule has 0 radical (unpaired) electrons. The van der Waals surface area contributed by atoms with Crippen molar-refractivity contribution < 1.29 is 14.3 Å². The Labute approximate surface area is 155 Å². The molecule has 3 heterocycles. The quantitative estimate of drug-likeness (QED) is 0.891. The molecule has 0 unspecified atom stereocenters. The van der Waals surface area contributed by atoms with E-state index in [4.69, 9.17) is 4.74 Å². The first-order valence-electron chi connectivity index (χ1n) is 8.73. The Morgan fingerprint density at radius 3 is 3.04 bits per heavy atom. The van der Waals surface area contributed by atoms with Gasteiger partial charge in [-0.1, -0.05) is 23.5 Å². The topological polar surface area (TPSA) is 84.4 Å². The minimum Gasteiger partial charge on any atom is -0.368 e. The van der Waals surface area contributed by atoms with Gasteiger partial charge in [-0.3, -0.25) is 14.9 Å². The van der Waals surface area contributed by atoms with E-state index in [1.54, 1.807) is 4.90 Å². The lowest BCUT2D eigenvalue weighted by atomic mass is 10.1. The van der Waals surface area contributed by atoms with E-state index in [-0.39, 0.29) is 17.7 Å². The summed E-state index contributed by atoms with van der Waals surface area (Å²) in [6, 6.07) is 7.92. The summed E-state index contributed by atoms with van der Waals surface area (Å²) in [7, 11) is 0. The van der Waals surface area contributed by atoms with E-state index in [2.05, 4.69) is 15.5 Å². The van der Waals surface area contributed by atoms with E-state index in [1.807, 2.05) is 31.2 Å². The molecular formula is C18H20N4O3S. The van der Waals surface area contributed by atoms with Crippen molar-refractivity contribution in [2.45, 2.75) is 38.2 Å². The van der Waals surface area contributed by atoms with Crippen LogP contribution in [0.1, 0.15) is 35.8 Å². The molecule has 0 spiro atoms. The van der Waals surface area contributed by atoms with Gasteiger partial charge in [0.2, 0.25) is 11.0 Å². The highest BCUT2D eigenvalue weighted by Crippen LogP contribution is 2.34. The smallest absolute Gasteiger partial charge is 0.255 e. The highest BCUT2D eigenvalue weighted by Gasteiger charge is 2.34. The van der Waals surface area contributed by atoms with Gasteiger partial charge in [-0.05, 0) is 37.5 Å². The summed E-state index contributed by atoms with van der Waals surface area (Å²) in [5.74, 6) is -0.0938. The summed E-state index contributed by atoms with van der Waals surface area (Å²) in [5.41, 5.74) is 2.03. The molecule has 136 valence electrons. The molecule has 0 bridgehead atoms. The van der Waals surface area contributed by atoms with Crippen molar-refractivity contribution in [2.24, 2.45) is 0 Å². The minimum absolute atomic E-state index is 0.00565. The van der Waals surface area contributed by atoms with Gasteiger partial charge < -0.3 is 9.64 Å². The Kier molecular flexibility index (Phi) is 4.69. The van der Waals surface area contributed by atoms with Crippen molar-refractivity contribution in [3.8, 4) is 0 Å². The molecule has 26 heavy (non-hydrogen) atoms. The molecular weight excluding hydrogens is 352 g/mol. The van der Waals surface area contributed by atoms with Crippen molar-refractivity contribution >= 4 is 34.0 Å². The first kappa shape index (κ1) is 17.1. The van der Waals surface area contributed by atoms with Gasteiger partial charge in [0.05, 0.1) is 0 Å². The molecule has 2 aromatic rings. The number of amides is 2. The van der Waals surface area contributed by atoms with Crippen LogP contribution in [-0.2, 0) is 14.3 Å². The second-order valence-corrected chi connectivity index (χ2v) is 7.69. The number of hydrogen-bond acceptors (Lipinski definition) is 6. The molecule has 4 rings (SSSR count). The van der Waals surface area contributed by atoms with E-state index in [0.717, 1.165) is 29.1 Å². The second kappa shape index (κ2) is 7.13. The van der Waals surface area contributed by atoms with E-state index in [1.165, 1.54) is 11.3 Å². The average molecular weight is 372 g/mol. The monoisotopic (exact) mass is 372 g/mol. The predicted octanol–water partition coefficient (Wildman–Crippen LogP) is 2.48. The van der Waals surface area contributed by atoms with Crippen LogP contribution in [0.15, 0.2) is 24.3 Å². The maximum absolute atomic E-state index is 12.4. The summed E-state index contributed by atoms with van der Waals surface area (Å²) in [5, 5.41) is 12.3. The summed E-state index contributed by atoms with van der Waals surface area (Å²) >= 11 is 1.33. The SMILES string of the molecule is Cc1cccc(N2C[C@@H](c3nnc(NC(=O)[C@@H]4CCCO4)s3)CC2=O)c1. The van der Waals surface area contributed by atoms with Crippen LogP contribution < -0.4 is 10.2 Å². The van der Waals surface area contributed by atoms with Gasteiger partial charge in [0.15, 0.2) is 0 Å². The molecule has 8 heteroatoms. The van der Waals surface area contributed by atoms with Crippen LogP contribution in [0.4, 0.5) is 10.8 Å². The van der Waals surface area contributed by atoms with Gasteiger partial charge in [0.25, 0.3) is 5.91 Å². The van der Waals surface area contributed by atoms with Crippen LogP contribution in [0.25, 0.3) is 0 Å². The van der Waals surface area contributed by atoms with Gasteiger partial charge in [0.1, 0.15) is 11.1 Å². The maximum atomic E-state index is 12.4. The maximum Gasteiger partial charge on any atom is 0.255 e. The fraction of sp³-hybridized carbons (Fsp3) is 0.444. The van der Waals surface area contributed by atoms with Crippen molar-refractivity contribution in [3.05, 3.63) is 34.8 Å². The van der Waals surface area contributed by atoms with Gasteiger partial charge >= 0.3 is 0 Å². The minimum atomic E-state index is -0.396. The number of nitrogens with one attached hydrogen (secondary N) is 1. The van der Waals surface area contributed by atoms with Crippen molar-refractivity contribution in [2.75, 3.05) is 23.4 Å². The van der Waals surface area contributed by atoms with Gasteiger partial charge in [-0.2, -0.15) is 0 Å². The third-order valence-corrected chi connectivity index (χ3v) is 5.68. The van der Waals surface area contributed by atoms with E-state index >= 15 is 0 Å². The van der Waals surface area contributed by atoms with Crippen molar-refractivity contribution in [1.82, 2.24) is 10.2 Å². The molecule has 2 saturated heterocycles. The van der Waals surface area contributed by atoms with Gasteiger partial charge in [-0.25, -0.2) is 0 Å². The van der Waals surface area contributed by atoms with Crippen LogP contribution in [0, 0.1) is 6.92 Å². The third-order valence-electron chi connectivity index (χ3n) is 4.68. The number of aromatic nitrogens is 2. The van der Waals surface area contributed by atoms with Gasteiger partial charge in [0, 0.05) is 31.2 Å². The number of carbonyl (C=O) groups excluding carboxylic acids is 2. The number of hydrogen-bond donors (Lipinski definition) is 1. The predicted molar refractivity (Wildman–Crippen MR) is 98.4 cm³/mol. The number of rotatable bonds is 4. The van der Waals surface area contributed by atoms with E-state index in [0.29, 0.717) is 24.7 Å². The molecule has 2 fully saturated rings. The molecule has 7 nitrogen and oxygen atoms in total. The first-order valence-corrected chi connectivity index (χ1v) is 9.55.